The third kappa shape index (κ3) is 3.08. The molecular weight excluding hydrogens is 365 g/mol. The van der Waals surface area contributed by atoms with Crippen molar-refractivity contribution in [2.75, 3.05) is 4.90 Å². The molecule has 2 aliphatic rings. The summed E-state index contributed by atoms with van der Waals surface area (Å²) in [5.74, 6) is -0.649. The number of benzene rings is 2. The fourth-order valence-corrected chi connectivity index (χ4v) is 4.26. The van der Waals surface area contributed by atoms with E-state index in [2.05, 4.69) is 0 Å². The first-order valence-electron chi connectivity index (χ1n) is 9.07. The van der Waals surface area contributed by atoms with Gasteiger partial charge >= 0.3 is 0 Å². The largest absolute Gasteiger partial charge is 0.294 e. The Morgan fingerprint density at radius 1 is 1.07 bits per heavy atom. The molecule has 0 N–H and O–H groups in total. The van der Waals surface area contributed by atoms with Crippen molar-refractivity contribution in [2.24, 2.45) is 0 Å². The summed E-state index contributed by atoms with van der Waals surface area (Å²) in [6.45, 7) is 1.88. The Morgan fingerprint density at radius 2 is 1.81 bits per heavy atom. The zero-order chi connectivity index (χ0) is 19.1. The number of amides is 1. The molecule has 1 amide bonds. The molecule has 2 aromatic carbocycles. The van der Waals surface area contributed by atoms with Gasteiger partial charge in [0, 0.05) is 35.1 Å². The van der Waals surface area contributed by atoms with Gasteiger partial charge in [-0.1, -0.05) is 29.8 Å². The molecule has 2 aromatic rings. The highest BCUT2D eigenvalue weighted by atomic mass is 35.5. The van der Waals surface area contributed by atoms with Crippen molar-refractivity contribution in [2.45, 2.75) is 38.5 Å². The Morgan fingerprint density at radius 3 is 2.56 bits per heavy atom. The zero-order valence-electron chi connectivity index (χ0n) is 15.0. The van der Waals surface area contributed by atoms with Crippen LogP contribution in [0.3, 0.4) is 0 Å². The van der Waals surface area contributed by atoms with Gasteiger partial charge in [-0.2, -0.15) is 0 Å². The topological polar surface area (TPSA) is 37.4 Å². The molecule has 0 fully saturated rings. The van der Waals surface area contributed by atoms with Crippen LogP contribution < -0.4 is 4.90 Å². The third-order valence-electron chi connectivity index (χ3n) is 5.43. The first-order chi connectivity index (χ1) is 13.0. The second kappa shape index (κ2) is 6.93. The minimum Gasteiger partial charge on any atom is -0.294 e. The van der Waals surface area contributed by atoms with Gasteiger partial charge in [0.25, 0.3) is 0 Å². The minimum absolute atomic E-state index is 0.0665. The van der Waals surface area contributed by atoms with Gasteiger partial charge in [0.2, 0.25) is 5.91 Å². The van der Waals surface area contributed by atoms with Crippen LogP contribution in [-0.4, -0.2) is 11.7 Å². The van der Waals surface area contributed by atoms with Gasteiger partial charge in [0.1, 0.15) is 5.82 Å². The van der Waals surface area contributed by atoms with Crippen LogP contribution in [0.25, 0.3) is 0 Å². The van der Waals surface area contributed by atoms with Crippen molar-refractivity contribution in [3.63, 3.8) is 0 Å². The van der Waals surface area contributed by atoms with Crippen LogP contribution in [0.4, 0.5) is 10.1 Å². The lowest BCUT2D eigenvalue weighted by molar-refractivity contribution is -0.119. The lowest BCUT2D eigenvalue weighted by atomic mass is 9.77. The van der Waals surface area contributed by atoms with E-state index >= 15 is 0 Å². The van der Waals surface area contributed by atoms with Crippen LogP contribution in [0, 0.1) is 12.7 Å². The minimum atomic E-state index is -0.332. The van der Waals surface area contributed by atoms with Crippen LogP contribution >= 0.6 is 11.6 Å². The molecule has 1 aliphatic heterocycles. The SMILES string of the molecule is Cc1c(Cl)cccc1N1C(=O)CC(c2ccc(F)cc2)C2=C1CCCC2=O. The zero-order valence-corrected chi connectivity index (χ0v) is 15.7. The standard InChI is InChI=1S/C22H19ClFNO2/c1-13-17(23)4-2-5-18(13)25-19-6-3-7-20(26)22(19)16(12-21(25)27)14-8-10-15(24)11-9-14/h2,4-5,8-11,16H,3,6-7,12H2,1H3. The van der Waals surface area contributed by atoms with Crippen LogP contribution in [0.1, 0.15) is 42.7 Å². The quantitative estimate of drug-likeness (QED) is 0.704. The fourth-order valence-electron chi connectivity index (χ4n) is 4.09. The molecule has 0 aromatic heterocycles. The third-order valence-corrected chi connectivity index (χ3v) is 5.84. The Bertz CT molecular complexity index is 965. The van der Waals surface area contributed by atoms with Crippen molar-refractivity contribution in [3.05, 3.63) is 75.7 Å². The Labute approximate surface area is 162 Å². The average Bonchev–Trinajstić information content (AvgIpc) is 2.65. The monoisotopic (exact) mass is 383 g/mol. The number of allylic oxidation sites excluding steroid dienone is 2. The molecule has 0 bridgehead atoms. The van der Waals surface area contributed by atoms with Gasteiger partial charge in [-0.3, -0.25) is 14.5 Å². The van der Waals surface area contributed by atoms with E-state index in [1.165, 1.54) is 12.1 Å². The smallest absolute Gasteiger partial charge is 0.232 e. The Hall–Kier alpha value is -2.46. The Balaban J connectivity index is 1.88. The number of nitrogens with zero attached hydrogens (tertiary/aromatic N) is 1. The number of hydrogen-bond donors (Lipinski definition) is 0. The highest BCUT2D eigenvalue weighted by Crippen LogP contribution is 2.44. The summed E-state index contributed by atoms with van der Waals surface area (Å²) < 4.78 is 13.3. The normalized spacial score (nSPS) is 20.1. The van der Waals surface area contributed by atoms with Crippen LogP contribution in [-0.2, 0) is 9.59 Å². The number of ketones is 1. The van der Waals surface area contributed by atoms with E-state index in [9.17, 15) is 14.0 Å². The summed E-state index contributed by atoms with van der Waals surface area (Å²) in [6.07, 6.45) is 2.04. The lowest BCUT2D eigenvalue weighted by Crippen LogP contribution is -2.40. The number of hydrogen-bond acceptors (Lipinski definition) is 2. The second-order valence-electron chi connectivity index (χ2n) is 7.06. The van der Waals surface area contributed by atoms with E-state index < -0.39 is 0 Å². The summed E-state index contributed by atoms with van der Waals surface area (Å²) >= 11 is 6.27. The maximum Gasteiger partial charge on any atom is 0.232 e. The van der Waals surface area contributed by atoms with Gasteiger partial charge in [-0.25, -0.2) is 4.39 Å². The van der Waals surface area contributed by atoms with Crippen LogP contribution in [0.15, 0.2) is 53.7 Å². The summed E-state index contributed by atoms with van der Waals surface area (Å²) in [4.78, 5) is 27.6. The highest BCUT2D eigenvalue weighted by Gasteiger charge is 2.40. The highest BCUT2D eigenvalue weighted by molar-refractivity contribution is 6.31. The van der Waals surface area contributed by atoms with Crippen molar-refractivity contribution in [1.82, 2.24) is 0 Å². The van der Waals surface area contributed by atoms with Crippen molar-refractivity contribution >= 4 is 29.0 Å². The van der Waals surface area contributed by atoms with E-state index in [1.54, 1.807) is 23.1 Å². The molecule has 0 spiro atoms. The van der Waals surface area contributed by atoms with E-state index in [0.717, 1.165) is 28.9 Å². The molecule has 138 valence electrons. The Kier molecular flexibility index (Phi) is 4.60. The fraction of sp³-hybridized carbons (Fsp3) is 0.273. The van der Waals surface area contributed by atoms with Crippen LogP contribution in [0.5, 0.6) is 0 Å². The second-order valence-corrected chi connectivity index (χ2v) is 7.47. The maximum atomic E-state index is 13.3. The van der Waals surface area contributed by atoms with Gasteiger partial charge in [0.05, 0.1) is 5.69 Å². The van der Waals surface area contributed by atoms with E-state index in [4.69, 9.17) is 11.6 Å². The number of halogens is 2. The molecule has 1 atom stereocenters. The molecule has 3 nitrogen and oxygen atoms in total. The lowest BCUT2D eigenvalue weighted by Gasteiger charge is -2.39. The number of carbonyl (C=O) groups excluding carboxylic acids is 2. The molecule has 0 saturated heterocycles. The molecule has 1 heterocycles. The average molecular weight is 384 g/mol. The van der Waals surface area contributed by atoms with Crippen LogP contribution in [0.2, 0.25) is 5.02 Å². The number of carbonyl (C=O) groups is 2. The molecular formula is C22H19ClFNO2. The van der Waals surface area contributed by atoms with E-state index in [1.807, 2.05) is 19.1 Å². The molecule has 5 heteroatoms. The van der Waals surface area contributed by atoms with Crippen molar-refractivity contribution in [1.29, 1.82) is 0 Å². The summed E-state index contributed by atoms with van der Waals surface area (Å²) in [5.41, 5.74) is 3.80. The molecule has 0 radical (unpaired) electrons. The summed E-state index contributed by atoms with van der Waals surface area (Å²) in [7, 11) is 0. The van der Waals surface area contributed by atoms with E-state index in [-0.39, 0.29) is 29.8 Å². The van der Waals surface area contributed by atoms with Crippen molar-refractivity contribution in [3.8, 4) is 0 Å². The van der Waals surface area contributed by atoms with Crippen molar-refractivity contribution < 1.29 is 14.0 Å². The summed E-state index contributed by atoms with van der Waals surface area (Å²) in [6, 6.07) is 11.6. The predicted molar refractivity (Wildman–Crippen MR) is 103 cm³/mol. The first-order valence-corrected chi connectivity index (χ1v) is 9.45. The molecule has 0 saturated carbocycles. The number of Topliss-reactive ketones (excluding diaryl/α,β-unsaturated/α-hetero) is 1. The van der Waals surface area contributed by atoms with Gasteiger partial charge in [0.15, 0.2) is 5.78 Å². The molecule has 1 unspecified atom stereocenters. The van der Waals surface area contributed by atoms with Gasteiger partial charge in [-0.05, 0) is 55.2 Å². The summed E-state index contributed by atoms with van der Waals surface area (Å²) in [5, 5.41) is 0.588. The molecule has 1 aliphatic carbocycles. The van der Waals surface area contributed by atoms with Gasteiger partial charge < -0.3 is 0 Å². The molecule has 27 heavy (non-hydrogen) atoms. The van der Waals surface area contributed by atoms with E-state index in [0.29, 0.717) is 23.4 Å². The van der Waals surface area contributed by atoms with Gasteiger partial charge in [-0.15, -0.1) is 0 Å². The predicted octanol–water partition coefficient (Wildman–Crippen LogP) is 5.32. The number of anilines is 1. The molecule has 4 rings (SSSR count). The first kappa shape index (κ1) is 17.9. The maximum absolute atomic E-state index is 13.3. The number of rotatable bonds is 2.